The number of rotatable bonds is 4. The molecule has 0 saturated carbocycles. The number of sulfone groups is 1. The van der Waals surface area contributed by atoms with Crippen LogP contribution in [-0.4, -0.2) is 37.1 Å². The summed E-state index contributed by atoms with van der Waals surface area (Å²) in [6, 6.07) is 4.49. The third-order valence-corrected chi connectivity index (χ3v) is 3.54. The number of alkyl halides is 3. The van der Waals surface area contributed by atoms with Crippen LogP contribution in [0.2, 0.25) is 0 Å². The van der Waals surface area contributed by atoms with E-state index in [2.05, 4.69) is 14.7 Å². The normalized spacial score (nSPS) is 12.9. The standard InChI is InChI=1S/C10H10F3N3O3S/c11-10(12,13)4-19-5-20(17,18)9-15-7-2-1-6(14)3-8(7)16-9/h1-3H,4-5,14H2,(H,15,16). The van der Waals surface area contributed by atoms with Gasteiger partial charge in [-0.3, -0.25) is 0 Å². The maximum absolute atomic E-state index is 11.9. The molecule has 0 atom stereocenters. The Bertz CT molecular complexity index is 724. The Labute approximate surface area is 111 Å². The first-order chi connectivity index (χ1) is 9.17. The molecule has 0 fully saturated rings. The maximum Gasteiger partial charge on any atom is 0.411 e. The molecule has 6 nitrogen and oxygen atoms in total. The molecule has 2 rings (SSSR count). The van der Waals surface area contributed by atoms with E-state index in [1.165, 1.54) is 18.2 Å². The number of imidazole rings is 1. The zero-order valence-electron chi connectivity index (χ0n) is 9.94. The molecule has 3 N–H and O–H groups in total. The molecule has 1 aromatic carbocycles. The molecule has 0 aliphatic carbocycles. The maximum atomic E-state index is 11.9. The van der Waals surface area contributed by atoms with Crippen molar-refractivity contribution in [2.75, 3.05) is 18.3 Å². The first-order valence-corrected chi connectivity index (χ1v) is 6.95. The number of halogens is 3. The van der Waals surface area contributed by atoms with Crippen molar-refractivity contribution in [2.45, 2.75) is 11.3 Å². The molecule has 1 aromatic heterocycles. The number of fused-ring (bicyclic) bond motifs is 1. The fourth-order valence-electron chi connectivity index (χ4n) is 1.47. The Morgan fingerprint density at radius 1 is 1.35 bits per heavy atom. The van der Waals surface area contributed by atoms with Crippen LogP contribution in [0.3, 0.4) is 0 Å². The number of ether oxygens (including phenoxy) is 1. The smallest absolute Gasteiger partial charge is 0.399 e. The van der Waals surface area contributed by atoms with E-state index in [4.69, 9.17) is 5.73 Å². The van der Waals surface area contributed by atoms with Crippen LogP contribution in [0.5, 0.6) is 0 Å². The Morgan fingerprint density at radius 3 is 2.70 bits per heavy atom. The first kappa shape index (κ1) is 14.6. The van der Waals surface area contributed by atoms with Crippen molar-refractivity contribution in [3.8, 4) is 0 Å². The molecular formula is C10H10F3N3O3S. The van der Waals surface area contributed by atoms with Gasteiger partial charge in [0, 0.05) is 5.69 Å². The van der Waals surface area contributed by atoms with Crippen molar-refractivity contribution in [3.63, 3.8) is 0 Å². The third kappa shape index (κ3) is 3.39. The number of hydrogen-bond acceptors (Lipinski definition) is 5. The molecule has 0 spiro atoms. The van der Waals surface area contributed by atoms with E-state index in [1.54, 1.807) is 0 Å². The van der Waals surface area contributed by atoms with Gasteiger partial charge in [-0.2, -0.15) is 13.2 Å². The molecule has 0 bridgehead atoms. The monoisotopic (exact) mass is 309 g/mol. The fourth-order valence-corrected chi connectivity index (χ4v) is 2.39. The van der Waals surface area contributed by atoms with E-state index in [0.29, 0.717) is 16.7 Å². The van der Waals surface area contributed by atoms with Crippen LogP contribution < -0.4 is 5.73 Å². The number of hydrogen-bond donors (Lipinski definition) is 2. The molecule has 110 valence electrons. The summed E-state index contributed by atoms with van der Waals surface area (Å²) in [7, 11) is -4.09. The molecule has 20 heavy (non-hydrogen) atoms. The minimum Gasteiger partial charge on any atom is -0.399 e. The van der Waals surface area contributed by atoms with Gasteiger partial charge in [-0.1, -0.05) is 0 Å². The van der Waals surface area contributed by atoms with E-state index < -0.39 is 33.7 Å². The van der Waals surface area contributed by atoms with Gasteiger partial charge in [0.2, 0.25) is 15.0 Å². The number of anilines is 1. The average Bonchev–Trinajstić information content (AvgIpc) is 2.70. The Hall–Kier alpha value is -1.81. The summed E-state index contributed by atoms with van der Waals surface area (Å²) in [5.74, 6) is -1.11. The summed E-state index contributed by atoms with van der Waals surface area (Å²) in [4.78, 5) is 6.26. The highest BCUT2D eigenvalue weighted by Gasteiger charge is 2.29. The van der Waals surface area contributed by atoms with Gasteiger partial charge >= 0.3 is 6.18 Å². The Balaban J connectivity index is 2.19. The molecule has 0 amide bonds. The van der Waals surface area contributed by atoms with E-state index in [9.17, 15) is 21.6 Å². The van der Waals surface area contributed by atoms with Crippen molar-refractivity contribution < 1.29 is 26.3 Å². The van der Waals surface area contributed by atoms with Gasteiger partial charge in [-0.15, -0.1) is 0 Å². The SMILES string of the molecule is Nc1ccc2nc(S(=O)(=O)COCC(F)(F)F)[nH]c2c1. The van der Waals surface area contributed by atoms with Crippen molar-refractivity contribution in [1.29, 1.82) is 0 Å². The van der Waals surface area contributed by atoms with Crippen molar-refractivity contribution >= 4 is 26.6 Å². The second-order valence-corrected chi connectivity index (χ2v) is 5.87. The molecule has 0 unspecified atom stereocenters. The van der Waals surface area contributed by atoms with Gasteiger partial charge in [-0.05, 0) is 18.2 Å². The van der Waals surface area contributed by atoms with Crippen LogP contribution in [0.4, 0.5) is 18.9 Å². The molecule has 0 aliphatic heterocycles. The zero-order chi connectivity index (χ0) is 15.0. The molecule has 0 saturated heterocycles. The van der Waals surface area contributed by atoms with Gasteiger partial charge in [0.05, 0.1) is 11.0 Å². The molecule has 0 radical (unpaired) electrons. The predicted octanol–water partition coefficient (Wildman–Crippen LogP) is 1.46. The predicted molar refractivity (Wildman–Crippen MR) is 64.6 cm³/mol. The number of nitrogens with zero attached hydrogens (tertiary/aromatic N) is 1. The number of nitrogens with one attached hydrogen (secondary N) is 1. The second-order valence-electron chi connectivity index (χ2n) is 4.01. The largest absolute Gasteiger partial charge is 0.411 e. The first-order valence-electron chi connectivity index (χ1n) is 5.30. The highest BCUT2D eigenvalue weighted by Crippen LogP contribution is 2.19. The minimum atomic E-state index is -4.59. The number of benzene rings is 1. The number of nitrogen functional groups attached to an aromatic ring is 1. The summed E-state index contributed by atoms with van der Waals surface area (Å²) in [6.07, 6.45) is -4.59. The highest BCUT2D eigenvalue weighted by atomic mass is 32.2. The summed E-state index contributed by atoms with van der Waals surface area (Å²) in [6.45, 7) is -1.64. The van der Waals surface area contributed by atoms with Crippen molar-refractivity contribution in [3.05, 3.63) is 18.2 Å². The van der Waals surface area contributed by atoms with Gasteiger partial charge in [0.15, 0.2) is 5.94 Å². The summed E-state index contributed by atoms with van der Waals surface area (Å²) in [5.41, 5.74) is 6.64. The van der Waals surface area contributed by atoms with Crippen LogP contribution in [-0.2, 0) is 14.6 Å². The molecule has 10 heteroatoms. The lowest BCUT2D eigenvalue weighted by atomic mass is 10.3. The number of nitrogens with two attached hydrogens (primary N) is 1. The summed E-state index contributed by atoms with van der Waals surface area (Å²) < 4.78 is 63.3. The van der Waals surface area contributed by atoms with E-state index in [0.717, 1.165) is 0 Å². The molecule has 1 heterocycles. The molecule has 2 aromatic rings. The van der Waals surface area contributed by atoms with Crippen molar-refractivity contribution in [2.24, 2.45) is 0 Å². The van der Waals surface area contributed by atoms with Crippen LogP contribution in [0.15, 0.2) is 23.4 Å². The van der Waals surface area contributed by atoms with Crippen LogP contribution >= 0.6 is 0 Å². The summed E-state index contributed by atoms with van der Waals surface area (Å²) >= 11 is 0. The second kappa shape index (κ2) is 4.94. The third-order valence-electron chi connectivity index (χ3n) is 2.28. The van der Waals surface area contributed by atoms with Crippen LogP contribution in [0, 0.1) is 0 Å². The highest BCUT2D eigenvalue weighted by molar-refractivity contribution is 7.91. The molecule has 0 aliphatic rings. The van der Waals surface area contributed by atoms with Crippen molar-refractivity contribution in [1.82, 2.24) is 9.97 Å². The fraction of sp³-hybridized carbons (Fsp3) is 0.300. The molecular weight excluding hydrogens is 299 g/mol. The lowest BCUT2D eigenvalue weighted by molar-refractivity contribution is -0.169. The average molecular weight is 309 g/mol. The number of H-pyrrole nitrogens is 1. The number of aromatic nitrogens is 2. The minimum absolute atomic E-state index is 0.341. The van der Waals surface area contributed by atoms with Gasteiger partial charge in [-0.25, -0.2) is 13.4 Å². The van der Waals surface area contributed by atoms with Crippen LogP contribution in [0.25, 0.3) is 11.0 Å². The number of aromatic amines is 1. The van der Waals surface area contributed by atoms with E-state index in [1.807, 2.05) is 0 Å². The van der Waals surface area contributed by atoms with Gasteiger partial charge in [0.25, 0.3) is 0 Å². The summed E-state index contributed by atoms with van der Waals surface area (Å²) in [5, 5.41) is -0.458. The van der Waals surface area contributed by atoms with E-state index >= 15 is 0 Å². The van der Waals surface area contributed by atoms with Gasteiger partial charge in [0.1, 0.15) is 6.61 Å². The van der Waals surface area contributed by atoms with Gasteiger partial charge < -0.3 is 15.5 Å². The van der Waals surface area contributed by atoms with E-state index in [-0.39, 0.29) is 0 Å². The Morgan fingerprint density at radius 2 is 2.05 bits per heavy atom. The topological polar surface area (TPSA) is 98.1 Å². The Kier molecular flexibility index (Phi) is 3.61. The quantitative estimate of drug-likeness (QED) is 0.833. The van der Waals surface area contributed by atoms with Crippen LogP contribution in [0.1, 0.15) is 0 Å². The zero-order valence-corrected chi connectivity index (χ0v) is 10.8. The lowest BCUT2D eigenvalue weighted by Gasteiger charge is -2.06. The lowest BCUT2D eigenvalue weighted by Crippen LogP contribution is -2.21.